The van der Waals surface area contributed by atoms with Crippen LogP contribution in [-0.4, -0.2) is 53.5 Å². The first-order chi connectivity index (χ1) is 17.8. The SMILES string of the molecule is C=CCOc1c(C)c2c(c3c1CC1[C@H]4c5c(cc(C)c(C)c5O)C[C@@H]([C@H](C#N)N1[C@H]3CC)N4C)OCO2. The Kier molecular flexibility index (Phi) is 5.66. The molecular weight excluding hydrogens is 466 g/mol. The third kappa shape index (κ3) is 3.19. The topological polar surface area (TPSA) is 78.2 Å². The van der Waals surface area contributed by atoms with Crippen LogP contribution >= 0.6 is 0 Å². The van der Waals surface area contributed by atoms with Gasteiger partial charge in [-0.15, -0.1) is 0 Å². The first-order valence-electron chi connectivity index (χ1n) is 13.2. The summed E-state index contributed by atoms with van der Waals surface area (Å²) in [7, 11) is 2.12. The lowest BCUT2D eigenvalue weighted by Crippen LogP contribution is -2.68. The van der Waals surface area contributed by atoms with E-state index in [0.29, 0.717) is 18.8 Å². The van der Waals surface area contributed by atoms with Gasteiger partial charge in [-0.05, 0) is 63.8 Å². The Morgan fingerprint density at radius 3 is 2.62 bits per heavy atom. The lowest BCUT2D eigenvalue weighted by molar-refractivity contribution is -0.0736. The first kappa shape index (κ1) is 24.1. The molecule has 1 fully saturated rings. The maximum Gasteiger partial charge on any atom is 0.231 e. The second-order valence-electron chi connectivity index (χ2n) is 10.8. The number of ether oxygens (including phenoxy) is 3. The number of nitriles is 1. The number of benzene rings is 2. The van der Waals surface area contributed by atoms with Crippen LogP contribution in [0.2, 0.25) is 0 Å². The molecule has 7 nitrogen and oxygen atoms in total. The van der Waals surface area contributed by atoms with Gasteiger partial charge in [-0.1, -0.05) is 25.6 Å². The molecule has 6 rings (SSSR count). The number of aryl methyl sites for hydroxylation is 1. The molecule has 1 unspecified atom stereocenters. The highest BCUT2D eigenvalue weighted by Crippen LogP contribution is 2.58. The molecular formula is C30H35N3O4. The molecule has 0 radical (unpaired) electrons. The molecule has 1 saturated heterocycles. The third-order valence-corrected chi connectivity index (χ3v) is 9.17. The summed E-state index contributed by atoms with van der Waals surface area (Å²) in [4.78, 5) is 4.76. The molecule has 194 valence electrons. The molecule has 4 aliphatic rings. The van der Waals surface area contributed by atoms with E-state index in [9.17, 15) is 10.4 Å². The van der Waals surface area contributed by atoms with E-state index in [1.165, 1.54) is 0 Å². The average Bonchev–Trinajstić information content (AvgIpc) is 3.37. The smallest absolute Gasteiger partial charge is 0.231 e. The van der Waals surface area contributed by atoms with E-state index in [1.807, 2.05) is 13.8 Å². The highest BCUT2D eigenvalue weighted by Gasteiger charge is 2.56. The van der Waals surface area contributed by atoms with Gasteiger partial charge in [0.05, 0.1) is 12.1 Å². The minimum absolute atomic E-state index is 0.0127. The van der Waals surface area contributed by atoms with Crippen LogP contribution < -0.4 is 14.2 Å². The Morgan fingerprint density at radius 2 is 1.92 bits per heavy atom. The van der Waals surface area contributed by atoms with Crippen molar-refractivity contribution in [3.05, 3.63) is 57.7 Å². The fraction of sp³-hybridized carbons (Fsp3) is 0.500. The molecule has 4 heterocycles. The van der Waals surface area contributed by atoms with Gasteiger partial charge in [0.1, 0.15) is 24.1 Å². The number of rotatable bonds is 4. The Balaban J connectivity index is 1.61. The van der Waals surface area contributed by atoms with Crippen molar-refractivity contribution in [2.75, 3.05) is 20.4 Å². The Hall–Kier alpha value is -3.21. The molecule has 7 heteroatoms. The van der Waals surface area contributed by atoms with Crippen molar-refractivity contribution in [3.8, 4) is 29.1 Å². The van der Waals surface area contributed by atoms with E-state index < -0.39 is 0 Å². The van der Waals surface area contributed by atoms with Crippen LogP contribution in [0.25, 0.3) is 0 Å². The van der Waals surface area contributed by atoms with Gasteiger partial charge in [-0.25, -0.2) is 0 Å². The van der Waals surface area contributed by atoms with Crippen LogP contribution in [0.4, 0.5) is 0 Å². The van der Waals surface area contributed by atoms with Crippen LogP contribution in [0.1, 0.15) is 64.4 Å². The highest BCUT2D eigenvalue weighted by atomic mass is 16.7. The van der Waals surface area contributed by atoms with Gasteiger partial charge < -0.3 is 19.3 Å². The van der Waals surface area contributed by atoms with Gasteiger partial charge in [0.25, 0.3) is 0 Å². The summed E-state index contributed by atoms with van der Waals surface area (Å²) < 4.78 is 18.3. The van der Waals surface area contributed by atoms with Crippen LogP contribution in [0.3, 0.4) is 0 Å². The predicted octanol–water partition coefficient (Wildman–Crippen LogP) is 4.79. The second kappa shape index (κ2) is 8.68. The summed E-state index contributed by atoms with van der Waals surface area (Å²) in [5, 5.41) is 22.0. The Bertz CT molecular complexity index is 1350. The summed E-state index contributed by atoms with van der Waals surface area (Å²) in [5.74, 6) is 2.76. The van der Waals surface area contributed by atoms with Gasteiger partial charge in [0.15, 0.2) is 11.5 Å². The van der Waals surface area contributed by atoms with Gasteiger partial charge in [-0.3, -0.25) is 9.80 Å². The summed E-state index contributed by atoms with van der Waals surface area (Å²) in [6, 6.07) is 4.56. The summed E-state index contributed by atoms with van der Waals surface area (Å²) in [5.41, 5.74) is 7.34. The van der Waals surface area contributed by atoms with Crippen molar-refractivity contribution >= 4 is 0 Å². The molecule has 0 aliphatic carbocycles. The molecule has 0 saturated carbocycles. The largest absolute Gasteiger partial charge is 0.507 e. The molecule has 0 amide bonds. The minimum atomic E-state index is -0.293. The van der Waals surface area contributed by atoms with Crippen LogP contribution in [0.5, 0.6) is 23.0 Å². The van der Waals surface area contributed by atoms with Crippen LogP contribution in [-0.2, 0) is 12.8 Å². The number of likely N-dealkylation sites (N-methyl/N-ethyl adjacent to an activating group) is 1. The van der Waals surface area contributed by atoms with Crippen molar-refractivity contribution in [3.63, 3.8) is 0 Å². The van der Waals surface area contributed by atoms with E-state index in [1.54, 1.807) is 6.08 Å². The predicted molar refractivity (Wildman–Crippen MR) is 140 cm³/mol. The average molecular weight is 502 g/mol. The van der Waals surface area contributed by atoms with Crippen molar-refractivity contribution in [2.45, 2.75) is 77.2 Å². The number of piperazine rings is 1. The molecule has 0 aromatic heterocycles. The molecule has 2 aromatic carbocycles. The fourth-order valence-corrected chi connectivity index (χ4v) is 7.44. The lowest BCUT2D eigenvalue weighted by atomic mass is 9.71. The van der Waals surface area contributed by atoms with Gasteiger partial charge in [0, 0.05) is 40.4 Å². The van der Waals surface area contributed by atoms with E-state index in [0.717, 1.165) is 69.0 Å². The number of hydrogen-bond donors (Lipinski definition) is 1. The molecule has 2 bridgehead atoms. The zero-order valence-electron chi connectivity index (χ0n) is 22.3. The molecule has 37 heavy (non-hydrogen) atoms. The maximum atomic E-state index is 11.4. The molecule has 2 aromatic rings. The first-order valence-corrected chi connectivity index (χ1v) is 13.2. The number of nitrogens with zero attached hydrogens (tertiary/aromatic N) is 3. The number of fused-ring (bicyclic) bond motifs is 9. The molecule has 1 N–H and O–H groups in total. The number of phenols is 1. The van der Waals surface area contributed by atoms with Gasteiger partial charge >= 0.3 is 0 Å². The van der Waals surface area contributed by atoms with Crippen molar-refractivity contribution in [1.29, 1.82) is 5.26 Å². The second-order valence-corrected chi connectivity index (χ2v) is 10.8. The summed E-state index contributed by atoms with van der Waals surface area (Å²) >= 11 is 0. The zero-order valence-corrected chi connectivity index (χ0v) is 22.3. The number of phenolic OH excluding ortho intramolecular Hbond substituents is 1. The van der Waals surface area contributed by atoms with Crippen LogP contribution in [0, 0.1) is 32.1 Å². The van der Waals surface area contributed by atoms with Crippen LogP contribution in [0.15, 0.2) is 18.7 Å². The standard InChI is InChI=1S/C30H35N3O4/c1-7-9-35-28-17(5)29-30(37-14-36-29)25-19(28)12-22-26-24-18(10-15(3)16(4)27(24)34)11-21(32(26)6)23(13-31)33(22)20(25)8-2/h7,10,20-23,26,34H,1,8-9,11-12,14H2,2-6H3/t20-,21-,22?,23-,26-/m0/s1. The fourth-order valence-electron chi connectivity index (χ4n) is 7.44. The summed E-state index contributed by atoms with van der Waals surface area (Å²) in [6.07, 6.45) is 3.99. The molecule has 4 aliphatic heterocycles. The van der Waals surface area contributed by atoms with Crippen molar-refractivity contribution in [1.82, 2.24) is 9.80 Å². The highest BCUT2D eigenvalue weighted by molar-refractivity contribution is 5.66. The number of aromatic hydroxyl groups is 1. The maximum absolute atomic E-state index is 11.4. The zero-order chi connectivity index (χ0) is 26.2. The van der Waals surface area contributed by atoms with Crippen molar-refractivity contribution < 1.29 is 19.3 Å². The normalized spacial score (nSPS) is 27.6. The Labute approximate surface area is 218 Å². The lowest BCUT2D eigenvalue weighted by Gasteiger charge is -2.60. The summed E-state index contributed by atoms with van der Waals surface area (Å²) in [6.45, 7) is 12.7. The monoisotopic (exact) mass is 501 g/mol. The van der Waals surface area contributed by atoms with Crippen molar-refractivity contribution in [2.24, 2.45) is 0 Å². The molecule has 5 atom stereocenters. The van der Waals surface area contributed by atoms with E-state index >= 15 is 0 Å². The molecule has 0 spiro atoms. The Morgan fingerprint density at radius 1 is 1.16 bits per heavy atom. The van der Waals surface area contributed by atoms with E-state index in [2.05, 4.69) is 49.4 Å². The van der Waals surface area contributed by atoms with Gasteiger partial charge in [0.2, 0.25) is 6.79 Å². The third-order valence-electron chi connectivity index (χ3n) is 9.17. The quantitative estimate of drug-likeness (QED) is 0.604. The van der Waals surface area contributed by atoms with Gasteiger partial charge in [-0.2, -0.15) is 5.26 Å². The number of hydrogen-bond acceptors (Lipinski definition) is 7. The van der Waals surface area contributed by atoms with E-state index in [-0.39, 0.29) is 37.0 Å². The minimum Gasteiger partial charge on any atom is -0.507 e. The van der Waals surface area contributed by atoms with E-state index in [4.69, 9.17) is 14.2 Å².